The number of amides is 1. The minimum atomic E-state index is -0.651. The Labute approximate surface area is 130 Å². The summed E-state index contributed by atoms with van der Waals surface area (Å²) >= 11 is 0. The Morgan fingerprint density at radius 1 is 1.26 bits per heavy atom. The van der Waals surface area contributed by atoms with Crippen LogP contribution in [0.25, 0.3) is 0 Å². The van der Waals surface area contributed by atoms with Crippen molar-refractivity contribution in [3.05, 3.63) is 52.1 Å². The van der Waals surface area contributed by atoms with E-state index in [1.165, 1.54) is 17.0 Å². The van der Waals surface area contributed by atoms with E-state index in [1.54, 1.807) is 14.1 Å². The van der Waals surface area contributed by atoms with Gasteiger partial charge in [-0.05, 0) is 24.3 Å². The highest BCUT2D eigenvalue weighted by Crippen LogP contribution is 2.29. The average molecular weight is 320 g/mol. The summed E-state index contributed by atoms with van der Waals surface area (Å²) in [6.45, 7) is 0. The fourth-order valence-corrected chi connectivity index (χ4v) is 1.75. The van der Waals surface area contributed by atoms with E-state index < -0.39 is 16.6 Å². The second-order valence-corrected chi connectivity index (χ2v) is 4.63. The number of hydrazine groups is 1. The molecule has 1 amide bonds. The minimum Gasteiger partial charge on any atom is -0.357 e. The third-order valence-corrected chi connectivity index (χ3v) is 2.81. The first kappa shape index (κ1) is 16.1. The third-order valence-electron chi connectivity index (χ3n) is 2.81. The molecule has 0 atom stereocenters. The van der Waals surface area contributed by atoms with Crippen LogP contribution in [-0.4, -0.2) is 34.9 Å². The summed E-state index contributed by atoms with van der Waals surface area (Å²) in [6.07, 6.45) is 1.13. The molecule has 1 aromatic heterocycles. The van der Waals surface area contributed by atoms with Crippen molar-refractivity contribution in [2.45, 2.75) is 0 Å². The van der Waals surface area contributed by atoms with E-state index in [1.807, 2.05) is 0 Å². The summed E-state index contributed by atoms with van der Waals surface area (Å²) in [5, 5.41) is 11.2. The lowest BCUT2D eigenvalue weighted by Gasteiger charge is -2.13. The summed E-state index contributed by atoms with van der Waals surface area (Å²) < 4.78 is 12.8. The van der Waals surface area contributed by atoms with Gasteiger partial charge in [0.05, 0.1) is 4.92 Å². The summed E-state index contributed by atoms with van der Waals surface area (Å²) in [5.41, 5.74) is 4.47. The molecule has 1 aromatic carbocycles. The normalized spacial score (nSPS) is 10.0. The van der Waals surface area contributed by atoms with Gasteiger partial charge in [-0.25, -0.2) is 14.4 Å². The lowest BCUT2D eigenvalue weighted by molar-refractivity contribution is -0.383. The van der Waals surface area contributed by atoms with Crippen LogP contribution in [0.5, 0.6) is 0 Å². The number of carbonyl (C=O) groups is 1. The van der Waals surface area contributed by atoms with Crippen molar-refractivity contribution in [1.82, 2.24) is 15.4 Å². The quantitative estimate of drug-likeness (QED) is 0.631. The number of nitrogens with one attached hydrogen (secondary N) is 2. The van der Waals surface area contributed by atoms with Gasteiger partial charge >= 0.3 is 5.69 Å². The molecule has 0 aliphatic carbocycles. The van der Waals surface area contributed by atoms with Crippen molar-refractivity contribution in [2.75, 3.05) is 24.4 Å². The number of aromatic nitrogens is 2. The lowest BCUT2D eigenvalue weighted by Crippen LogP contribution is -2.30. The Morgan fingerprint density at radius 2 is 1.91 bits per heavy atom. The maximum atomic E-state index is 12.8. The number of anilines is 2. The molecular weight excluding hydrogens is 307 g/mol. The number of nitrogens with zero attached hydrogens (tertiary/aromatic N) is 4. The van der Waals surface area contributed by atoms with E-state index in [0.29, 0.717) is 0 Å². The molecule has 1 heterocycles. The van der Waals surface area contributed by atoms with Crippen LogP contribution in [0, 0.1) is 15.9 Å². The van der Waals surface area contributed by atoms with Gasteiger partial charge < -0.3 is 4.90 Å². The van der Waals surface area contributed by atoms with Crippen LogP contribution in [0.3, 0.4) is 0 Å². The number of hydrogen-bond acceptors (Lipinski definition) is 7. The summed E-state index contributed by atoms with van der Waals surface area (Å²) in [7, 11) is 3.19. The van der Waals surface area contributed by atoms with Crippen LogP contribution in [0.2, 0.25) is 0 Å². The molecule has 23 heavy (non-hydrogen) atoms. The second-order valence-electron chi connectivity index (χ2n) is 4.63. The maximum Gasteiger partial charge on any atom is 0.355 e. The topological polar surface area (TPSA) is 113 Å². The van der Waals surface area contributed by atoms with E-state index >= 15 is 0 Å². The first-order valence-corrected chi connectivity index (χ1v) is 6.38. The van der Waals surface area contributed by atoms with Gasteiger partial charge in [0, 0.05) is 19.7 Å². The maximum absolute atomic E-state index is 12.8. The van der Waals surface area contributed by atoms with E-state index in [-0.39, 0.29) is 22.9 Å². The number of halogens is 1. The molecule has 0 aliphatic rings. The minimum absolute atomic E-state index is 0.0866. The van der Waals surface area contributed by atoms with Gasteiger partial charge in [0.2, 0.25) is 11.6 Å². The highest BCUT2D eigenvalue weighted by molar-refractivity contribution is 5.95. The van der Waals surface area contributed by atoms with Crippen LogP contribution in [0.1, 0.15) is 10.4 Å². The Hall–Kier alpha value is -3.30. The molecule has 0 aliphatic heterocycles. The van der Waals surface area contributed by atoms with Gasteiger partial charge in [0.25, 0.3) is 5.91 Å². The smallest absolute Gasteiger partial charge is 0.355 e. The molecular formula is C13H13FN6O3. The van der Waals surface area contributed by atoms with Crippen molar-refractivity contribution in [1.29, 1.82) is 0 Å². The predicted molar refractivity (Wildman–Crippen MR) is 80.5 cm³/mol. The number of benzene rings is 1. The highest BCUT2D eigenvalue weighted by Gasteiger charge is 2.24. The lowest BCUT2D eigenvalue weighted by atomic mass is 10.2. The van der Waals surface area contributed by atoms with E-state index in [4.69, 9.17) is 0 Å². The van der Waals surface area contributed by atoms with Gasteiger partial charge in [0.1, 0.15) is 12.1 Å². The van der Waals surface area contributed by atoms with Gasteiger partial charge in [-0.2, -0.15) is 0 Å². The standard InChI is InChI=1S/C13H13FN6O3/c1-19(2)12-10(20(22)23)11(15-7-16-12)17-18-13(21)8-3-5-9(14)6-4-8/h3-7H,1-2H3,(H,18,21)(H,15,16,17). The molecule has 0 saturated heterocycles. The van der Waals surface area contributed by atoms with Crippen molar-refractivity contribution in [3.63, 3.8) is 0 Å². The van der Waals surface area contributed by atoms with Crippen molar-refractivity contribution >= 4 is 23.2 Å². The van der Waals surface area contributed by atoms with Crippen LogP contribution < -0.4 is 15.8 Å². The van der Waals surface area contributed by atoms with Gasteiger partial charge in [-0.3, -0.25) is 25.8 Å². The van der Waals surface area contributed by atoms with Gasteiger partial charge in [-0.15, -0.1) is 0 Å². The molecule has 0 radical (unpaired) electrons. The van der Waals surface area contributed by atoms with Crippen LogP contribution >= 0.6 is 0 Å². The van der Waals surface area contributed by atoms with Crippen LogP contribution in [0.4, 0.5) is 21.7 Å². The van der Waals surface area contributed by atoms with E-state index in [2.05, 4.69) is 20.8 Å². The van der Waals surface area contributed by atoms with Crippen molar-refractivity contribution in [2.24, 2.45) is 0 Å². The van der Waals surface area contributed by atoms with Crippen LogP contribution in [-0.2, 0) is 0 Å². The first-order chi connectivity index (χ1) is 10.9. The zero-order chi connectivity index (χ0) is 17.0. The summed E-state index contributed by atoms with van der Waals surface area (Å²) in [6, 6.07) is 4.83. The zero-order valence-corrected chi connectivity index (χ0v) is 12.3. The van der Waals surface area contributed by atoms with E-state index in [9.17, 15) is 19.3 Å². The fraction of sp³-hybridized carbons (Fsp3) is 0.154. The Balaban J connectivity index is 2.20. The SMILES string of the molecule is CN(C)c1ncnc(NNC(=O)c2ccc(F)cc2)c1[N+](=O)[O-]. The molecule has 0 fully saturated rings. The Bertz CT molecular complexity index is 735. The molecule has 10 heteroatoms. The molecule has 0 spiro atoms. The van der Waals surface area contributed by atoms with Gasteiger partial charge in [0.15, 0.2) is 0 Å². The second kappa shape index (κ2) is 6.64. The first-order valence-electron chi connectivity index (χ1n) is 6.38. The van der Waals surface area contributed by atoms with E-state index in [0.717, 1.165) is 18.5 Å². The number of nitro groups is 1. The summed E-state index contributed by atoms with van der Waals surface area (Å²) in [4.78, 5) is 31.5. The van der Waals surface area contributed by atoms with Crippen molar-refractivity contribution in [3.8, 4) is 0 Å². The molecule has 0 unspecified atom stereocenters. The molecule has 2 rings (SSSR count). The monoisotopic (exact) mass is 320 g/mol. The fourth-order valence-electron chi connectivity index (χ4n) is 1.75. The molecule has 0 saturated carbocycles. The molecule has 2 aromatic rings. The molecule has 2 N–H and O–H groups in total. The number of carbonyl (C=O) groups excluding carboxylic acids is 1. The zero-order valence-electron chi connectivity index (χ0n) is 12.3. The summed E-state index contributed by atoms with van der Waals surface area (Å²) in [5.74, 6) is -1.14. The highest BCUT2D eigenvalue weighted by atomic mass is 19.1. The number of rotatable bonds is 5. The molecule has 9 nitrogen and oxygen atoms in total. The van der Waals surface area contributed by atoms with Crippen molar-refractivity contribution < 1.29 is 14.1 Å². The van der Waals surface area contributed by atoms with Crippen LogP contribution in [0.15, 0.2) is 30.6 Å². The molecule has 0 bridgehead atoms. The third kappa shape index (κ3) is 3.67. The van der Waals surface area contributed by atoms with Gasteiger partial charge in [-0.1, -0.05) is 0 Å². The molecule has 120 valence electrons. The Kier molecular flexibility index (Phi) is 4.64. The predicted octanol–water partition coefficient (Wildman–Crippen LogP) is 1.35. The number of hydrogen-bond donors (Lipinski definition) is 2. The largest absolute Gasteiger partial charge is 0.357 e. The average Bonchev–Trinajstić information content (AvgIpc) is 2.52. The Morgan fingerprint density at radius 3 is 2.48 bits per heavy atom.